The summed E-state index contributed by atoms with van der Waals surface area (Å²) in [7, 11) is 1.56. The van der Waals surface area contributed by atoms with Crippen molar-refractivity contribution in [2.45, 2.75) is 33.1 Å². The lowest BCUT2D eigenvalue weighted by atomic mass is 9.93. The summed E-state index contributed by atoms with van der Waals surface area (Å²) in [4.78, 5) is 4.53. The number of nitrogens with zero attached hydrogens (tertiary/aromatic N) is 3. The number of aromatic nitrogens is 4. The highest BCUT2D eigenvalue weighted by Gasteiger charge is 2.26. The summed E-state index contributed by atoms with van der Waals surface area (Å²) in [5, 5.41) is 7.32. The second-order valence-electron chi connectivity index (χ2n) is 6.82. The SMILES string of the molecule is COc1cc2nc(C(C)(C)CNS(=O)Oc3cc(C)ccc3C)[nH]n2n1. The predicted molar refractivity (Wildman–Crippen MR) is 99.6 cm³/mol. The Labute approximate surface area is 154 Å². The van der Waals surface area contributed by atoms with Crippen molar-refractivity contribution >= 4 is 16.9 Å². The zero-order valence-corrected chi connectivity index (χ0v) is 16.3. The van der Waals surface area contributed by atoms with Crippen molar-refractivity contribution in [1.82, 2.24) is 24.5 Å². The van der Waals surface area contributed by atoms with Gasteiger partial charge in [0, 0.05) is 18.0 Å². The fourth-order valence-electron chi connectivity index (χ4n) is 2.39. The zero-order chi connectivity index (χ0) is 18.9. The van der Waals surface area contributed by atoms with Crippen LogP contribution in [0, 0.1) is 13.8 Å². The summed E-state index contributed by atoms with van der Waals surface area (Å²) in [6.45, 7) is 8.27. The highest BCUT2D eigenvalue weighted by atomic mass is 32.2. The molecule has 0 saturated carbocycles. The third kappa shape index (κ3) is 3.88. The van der Waals surface area contributed by atoms with E-state index < -0.39 is 16.7 Å². The first-order chi connectivity index (χ1) is 12.3. The summed E-state index contributed by atoms with van der Waals surface area (Å²) in [5.74, 6) is 1.82. The number of methoxy groups -OCH3 is 1. The summed E-state index contributed by atoms with van der Waals surface area (Å²) in [6, 6.07) is 7.54. The van der Waals surface area contributed by atoms with Crippen molar-refractivity contribution in [3.05, 3.63) is 41.2 Å². The number of ether oxygens (including phenoxy) is 1. The van der Waals surface area contributed by atoms with Gasteiger partial charge in [0.15, 0.2) is 5.65 Å². The van der Waals surface area contributed by atoms with E-state index in [1.165, 1.54) is 0 Å². The van der Waals surface area contributed by atoms with E-state index in [0.717, 1.165) is 17.0 Å². The van der Waals surface area contributed by atoms with E-state index in [9.17, 15) is 4.21 Å². The van der Waals surface area contributed by atoms with Gasteiger partial charge in [-0.2, -0.15) is 8.84 Å². The van der Waals surface area contributed by atoms with Gasteiger partial charge >= 0.3 is 0 Å². The second-order valence-corrected chi connectivity index (χ2v) is 7.75. The van der Waals surface area contributed by atoms with Crippen LogP contribution in [-0.4, -0.2) is 37.7 Å². The predicted octanol–water partition coefficient (Wildman–Crippen LogP) is 2.21. The Hall–Kier alpha value is -2.39. The zero-order valence-electron chi connectivity index (χ0n) is 15.5. The van der Waals surface area contributed by atoms with Gasteiger partial charge in [-0.3, -0.25) is 5.10 Å². The van der Waals surface area contributed by atoms with Crippen LogP contribution in [0.25, 0.3) is 5.65 Å². The monoisotopic (exact) mass is 377 g/mol. The molecule has 0 aliphatic heterocycles. The maximum Gasteiger partial charge on any atom is 0.288 e. The fraction of sp³-hybridized carbons (Fsp3) is 0.412. The summed E-state index contributed by atoms with van der Waals surface area (Å²) in [6.07, 6.45) is 0. The van der Waals surface area contributed by atoms with Gasteiger partial charge in [-0.05, 0) is 31.0 Å². The highest BCUT2D eigenvalue weighted by Crippen LogP contribution is 2.22. The molecule has 8 nitrogen and oxygen atoms in total. The van der Waals surface area contributed by atoms with Gasteiger partial charge in [-0.15, -0.1) is 5.10 Å². The van der Waals surface area contributed by atoms with Gasteiger partial charge in [0.25, 0.3) is 11.3 Å². The average Bonchev–Trinajstić information content (AvgIpc) is 3.15. The number of H-pyrrole nitrogens is 1. The molecule has 0 amide bonds. The van der Waals surface area contributed by atoms with E-state index in [4.69, 9.17) is 8.92 Å². The van der Waals surface area contributed by atoms with Gasteiger partial charge < -0.3 is 8.92 Å². The lowest BCUT2D eigenvalue weighted by Crippen LogP contribution is -2.36. The van der Waals surface area contributed by atoms with E-state index in [0.29, 0.717) is 23.8 Å². The van der Waals surface area contributed by atoms with Crippen LogP contribution in [0.2, 0.25) is 0 Å². The third-order valence-electron chi connectivity index (χ3n) is 4.10. The Balaban J connectivity index is 1.65. The highest BCUT2D eigenvalue weighted by molar-refractivity contribution is 7.78. The Morgan fingerprint density at radius 2 is 2.08 bits per heavy atom. The van der Waals surface area contributed by atoms with Crippen molar-refractivity contribution in [2.24, 2.45) is 0 Å². The molecule has 26 heavy (non-hydrogen) atoms. The molecule has 0 aliphatic rings. The quantitative estimate of drug-likeness (QED) is 0.658. The molecule has 1 unspecified atom stereocenters. The smallest absolute Gasteiger partial charge is 0.288 e. The van der Waals surface area contributed by atoms with Gasteiger partial charge in [-0.1, -0.05) is 26.0 Å². The Morgan fingerprint density at radius 1 is 1.31 bits per heavy atom. The van der Waals surface area contributed by atoms with Crippen LogP contribution >= 0.6 is 0 Å². The molecule has 0 aliphatic carbocycles. The Kier molecular flexibility index (Phi) is 5.01. The minimum Gasteiger partial charge on any atom is -0.480 e. The van der Waals surface area contributed by atoms with Crippen molar-refractivity contribution in [1.29, 1.82) is 0 Å². The Bertz CT molecular complexity index is 916. The van der Waals surface area contributed by atoms with Crippen LogP contribution in [0.5, 0.6) is 11.6 Å². The summed E-state index contributed by atoms with van der Waals surface area (Å²) in [5.41, 5.74) is 2.25. The van der Waals surface area contributed by atoms with Gasteiger partial charge in [0.2, 0.25) is 5.88 Å². The minimum atomic E-state index is -1.66. The third-order valence-corrected chi connectivity index (χ3v) is 4.81. The molecule has 0 bridgehead atoms. The number of hydrogen-bond acceptors (Lipinski definition) is 5. The van der Waals surface area contributed by atoms with Gasteiger partial charge in [0.1, 0.15) is 11.6 Å². The molecule has 9 heteroatoms. The van der Waals surface area contributed by atoms with Gasteiger partial charge in [0.05, 0.1) is 7.11 Å². The normalized spacial score (nSPS) is 13.1. The van der Waals surface area contributed by atoms with Crippen LogP contribution in [0.3, 0.4) is 0 Å². The minimum absolute atomic E-state index is 0.401. The lowest BCUT2D eigenvalue weighted by Gasteiger charge is -2.21. The van der Waals surface area contributed by atoms with Crippen molar-refractivity contribution in [2.75, 3.05) is 13.7 Å². The first-order valence-electron chi connectivity index (χ1n) is 8.19. The molecule has 2 aromatic heterocycles. The molecule has 3 rings (SSSR count). The van der Waals surface area contributed by atoms with Crippen LogP contribution in [0.4, 0.5) is 0 Å². The molecule has 0 spiro atoms. The lowest BCUT2D eigenvalue weighted by molar-refractivity contribution is 0.391. The number of rotatable bonds is 7. The molecule has 1 aromatic carbocycles. The van der Waals surface area contributed by atoms with E-state index >= 15 is 0 Å². The van der Waals surface area contributed by atoms with Crippen molar-refractivity contribution in [3.8, 4) is 11.6 Å². The molecule has 1 atom stereocenters. The molecule has 2 N–H and O–H groups in total. The standard InChI is InChI=1S/C17H23N5O3S/c1-11-6-7-12(2)13(8-11)25-26(23)18-10-17(3,4)16-19-14-9-15(24-5)20-22(14)21-16/h6-9,18H,10H2,1-5H3,(H,19,21). The van der Waals surface area contributed by atoms with E-state index in [-0.39, 0.29) is 0 Å². The van der Waals surface area contributed by atoms with Crippen molar-refractivity contribution < 1.29 is 13.1 Å². The summed E-state index contributed by atoms with van der Waals surface area (Å²) < 4.78 is 27.3. The van der Waals surface area contributed by atoms with E-state index in [1.54, 1.807) is 17.8 Å². The number of fused-ring (bicyclic) bond motifs is 1. The second kappa shape index (κ2) is 7.08. The summed E-state index contributed by atoms with van der Waals surface area (Å²) >= 11 is -1.66. The number of benzene rings is 1. The first kappa shape index (κ1) is 18.4. The number of aromatic amines is 1. The molecule has 0 saturated heterocycles. The van der Waals surface area contributed by atoms with Crippen LogP contribution in [-0.2, 0) is 16.7 Å². The number of hydrogen-bond donors (Lipinski definition) is 2. The first-order valence-corrected chi connectivity index (χ1v) is 9.27. The molecular weight excluding hydrogens is 354 g/mol. The molecule has 0 fully saturated rings. The average molecular weight is 377 g/mol. The van der Waals surface area contributed by atoms with Crippen molar-refractivity contribution in [3.63, 3.8) is 0 Å². The Morgan fingerprint density at radius 3 is 2.77 bits per heavy atom. The number of aryl methyl sites for hydroxylation is 2. The maximum atomic E-state index is 12.3. The molecular formula is C17H23N5O3S. The van der Waals surface area contributed by atoms with Gasteiger partial charge in [-0.25, -0.2) is 9.71 Å². The largest absolute Gasteiger partial charge is 0.480 e. The van der Waals surface area contributed by atoms with E-state index in [2.05, 4.69) is 19.9 Å². The van der Waals surface area contributed by atoms with Crippen LogP contribution in [0.15, 0.2) is 24.3 Å². The topological polar surface area (TPSA) is 93.5 Å². The fourth-order valence-corrected chi connectivity index (χ4v) is 3.27. The number of nitrogens with one attached hydrogen (secondary N) is 2. The van der Waals surface area contributed by atoms with Crippen LogP contribution in [0.1, 0.15) is 30.8 Å². The molecule has 0 radical (unpaired) electrons. The molecule has 2 heterocycles. The maximum absolute atomic E-state index is 12.3. The molecule has 3 aromatic rings. The van der Waals surface area contributed by atoms with Crippen LogP contribution < -0.4 is 13.6 Å². The van der Waals surface area contributed by atoms with E-state index in [1.807, 2.05) is 45.9 Å². The molecule has 140 valence electrons.